The minimum Gasteiger partial charge on any atom is -0.343 e. The molecular weight excluding hydrogens is 316 g/mol. The number of nitrogens with two attached hydrogens (primary N) is 1. The Labute approximate surface area is 139 Å². The molecule has 1 aromatic heterocycles. The van der Waals surface area contributed by atoms with Crippen LogP contribution in [-0.4, -0.2) is 46.6 Å². The molecule has 1 unspecified atom stereocenters. The van der Waals surface area contributed by atoms with Crippen molar-refractivity contribution >= 4 is 23.2 Å². The fourth-order valence-corrected chi connectivity index (χ4v) is 3.93. The molecule has 126 valence electrons. The Bertz CT molecular complexity index is 622. The van der Waals surface area contributed by atoms with Gasteiger partial charge < -0.3 is 20.7 Å². The number of amides is 2. The lowest BCUT2D eigenvalue weighted by atomic mass is 10.0. The van der Waals surface area contributed by atoms with Gasteiger partial charge in [0, 0.05) is 37.4 Å². The Hall–Kier alpha value is -1.51. The monoisotopic (exact) mass is 338 g/mol. The number of nitrogens with zero attached hydrogens (tertiary/aromatic N) is 2. The van der Waals surface area contributed by atoms with Crippen LogP contribution in [0.15, 0.2) is 0 Å². The summed E-state index contributed by atoms with van der Waals surface area (Å²) in [5.41, 5.74) is 5.49. The Morgan fingerprint density at radius 3 is 2.74 bits per heavy atom. The summed E-state index contributed by atoms with van der Waals surface area (Å²) in [4.78, 5) is 31.5. The van der Waals surface area contributed by atoms with Crippen LogP contribution < -0.4 is 11.1 Å². The molecule has 2 amide bonds. The fraction of sp³-hybridized carbons (Fsp3) is 0.667. The summed E-state index contributed by atoms with van der Waals surface area (Å²) in [5.74, 6) is -0.111. The second-order valence-corrected chi connectivity index (χ2v) is 7.29. The fourth-order valence-electron chi connectivity index (χ4n) is 3.13. The van der Waals surface area contributed by atoms with Crippen LogP contribution in [-0.2, 0) is 16.1 Å². The zero-order chi connectivity index (χ0) is 16.6. The smallest absolute Gasteiger partial charge is 0.273 e. The highest BCUT2D eigenvalue weighted by atomic mass is 32.1. The van der Waals surface area contributed by atoms with Gasteiger partial charge in [-0.15, -0.1) is 11.3 Å². The highest BCUT2D eigenvalue weighted by Gasteiger charge is 2.47. The number of rotatable bonds is 3. The number of ether oxygens (including phenoxy) is 1. The van der Waals surface area contributed by atoms with Gasteiger partial charge in [0.2, 0.25) is 0 Å². The van der Waals surface area contributed by atoms with Gasteiger partial charge in [-0.1, -0.05) is 6.92 Å². The minimum atomic E-state index is -0.603. The lowest BCUT2D eigenvalue weighted by Gasteiger charge is -2.38. The van der Waals surface area contributed by atoms with E-state index in [4.69, 9.17) is 10.5 Å². The van der Waals surface area contributed by atoms with Crippen molar-refractivity contribution in [2.75, 3.05) is 13.1 Å². The van der Waals surface area contributed by atoms with Crippen LogP contribution in [0.1, 0.15) is 46.6 Å². The van der Waals surface area contributed by atoms with Crippen LogP contribution in [0, 0.1) is 6.92 Å². The summed E-state index contributed by atoms with van der Waals surface area (Å²) < 4.78 is 5.90. The highest BCUT2D eigenvalue weighted by molar-refractivity contribution is 7.11. The molecular formula is C15H22N4O3S. The van der Waals surface area contributed by atoms with Gasteiger partial charge in [-0.3, -0.25) is 9.59 Å². The van der Waals surface area contributed by atoms with Gasteiger partial charge in [0.1, 0.15) is 22.5 Å². The van der Waals surface area contributed by atoms with Gasteiger partial charge in [0.05, 0.1) is 0 Å². The van der Waals surface area contributed by atoms with E-state index in [9.17, 15) is 9.59 Å². The predicted molar refractivity (Wildman–Crippen MR) is 85.9 cm³/mol. The summed E-state index contributed by atoms with van der Waals surface area (Å²) in [6, 6.07) is 0. The maximum absolute atomic E-state index is 12.6. The second kappa shape index (κ2) is 6.18. The third-order valence-corrected chi connectivity index (χ3v) is 5.45. The van der Waals surface area contributed by atoms with Crippen molar-refractivity contribution in [1.29, 1.82) is 0 Å². The van der Waals surface area contributed by atoms with Crippen molar-refractivity contribution in [3.8, 4) is 0 Å². The van der Waals surface area contributed by atoms with E-state index in [1.165, 1.54) is 11.3 Å². The van der Waals surface area contributed by atoms with Gasteiger partial charge >= 0.3 is 0 Å². The van der Waals surface area contributed by atoms with E-state index in [1.54, 1.807) is 4.90 Å². The maximum Gasteiger partial charge on any atom is 0.273 e. The number of thiazole rings is 1. The Morgan fingerprint density at radius 2 is 2.22 bits per heavy atom. The summed E-state index contributed by atoms with van der Waals surface area (Å²) in [6.45, 7) is 5.26. The van der Waals surface area contributed by atoms with Crippen molar-refractivity contribution in [3.05, 3.63) is 15.6 Å². The molecule has 1 aromatic rings. The molecule has 3 heterocycles. The molecule has 3 rings (SSSR count). The molecule has 0 aliphatic carbocycles. The Morgan fingerprint density at radius 1 is 1.52 bits per heavy atom. The number of carbonyl (C=O) groups is 2. The van der Waals surface area contributed by atoms with Crippen LogP contribution in [0.5, 0.6) is 0 Å². The maximum atomic E-state index is 12.6. The first-order valence-corrected chi connectivity index (χ1v) is 8.75. The summed E-state index contributed by atoms with van der Waals surface area (Å²) in [5, 5.41) is 3.74. The number of likely N-dealkylation sites (tertiary alicyclic amines) is 1. The molecule has 7 nitrogen and oxygen atoms in total. The SMILES string of the molecule is CCC1OC2(CCN(C(=O)c3nc(CN)sc3C)CC2)NC1=O. The minimum absolute atomic E-state index is 0.0461. The van der Waals surface area contributed by atoms with Crippen LogP contribution in [0.2, 0.25) is 0 Å². The molecule has 1 atom stereocenters. The molecule has 2 saturated heterocycles. The Balaban J connectivity index is 1.66. The topological polar surface area (TPSA) is 97.6 Å². The normalized spacial score (nSPS) is 23.3. The van der Waals surface area contributed by atoms with E-state index in [1.807, 2.05) is 13.8 Å². The summed E-state index contributed by atoms with van der Waals surface area (Å²) in [6.07, 6.45) is 1.50. The molecule has 0 aromatic carbocycles. The molecule has 3 N–H and O–H groups in total. The molecule has 0 radical (unpaired) electrons. The molecule has 2 aliphatic rings. The lowest BCUT2D eigenvalue weighted by molar-refractivity contribution is -0.124. The summed E-state index contributed by atoms with van der Waals surface area (Å²) in [7, 11) is 0. The van der Waals surface area contributed by atoms with Crippen LogP contribution in [0.25, 0.3) is 0 Å². The quantitative estimate of drug-likeness (QED) is 0.848. The van der Waals surface area contributed by atoms with Crippen molar-refractivity contribution in [3.63, 3.8) is 0 Å². The summed E-state index contributed by atoms with van der Waals surface area (Å²) >= 11 is 1.46. The number of nitrogens with one attached hydrogen (secondary N) is 1. The van der Waals surface area contributed by atoms with E-state index in [0.717, 1.165) is 9.88 Å². The van der Waals surface area contributed by atoms with E-state index >= 15 is 0 Å². The zero-order valence-corrected chi connectivity index (χ0v) is 14.2. The average molecular weight is 338 g/mol. The van der Waals surface area contributed by atoms with Crippen molar-refractivity contribution in [2.24, 2.45) is 5.73 Å². The third-order valence-electron chi connectivity index (χ3n) is 4.46. The molecule has 23 heavy (non-hydrogen) atoms. The molecule has 0 saturated carbocycles. The zero-order valence-electron chi connectivity index (χ0n) is 13.4. The first kappa shape index (κ1) is 16.4. The van der Waals surface area contributed by atoms with Crippen LogP contribution in [0.3, 0.4) is 0 Å². The van der Waals surface area contributed by atoms with E-state index < -0.39 is 5.72 Å². The van der Waals surface area contributed by atoms with Crippen LogP contribution >= 0.6 is 11.3 Å². The van der Waals surface area contributed by atoms with Gasteiger partial charge in [0.15, 0.2) is 0 Å². The van der Waals surface area contributed by atoms with Crippen molar-refractivity contribution in [1.82, 2.24) is 15.2 Å². The number of carbonyl (C=O) groups excluding carboxylic acids is 2. The third kappa shape index (κ3) is 2.98. The van der Waals surface area contributed by atoms with E-state index in [0.29, 0.717) is 44.6 Å². The molecule has 2 fully saturated rings. The van der Waals surface area contributed by atoms with Gasteiger partial charge in [-0.05, 0) is 13.3 Å². The van der Waals surface area contributed by atoms with E-state index in [-0.39, 0.29) is 17.9 Å². The second-order valence-electron chi connectivity index (χ2n) is 6.01. The number of aromatic nitrogens is 1. The first-order valence-electron chi connectivity index (χ1n) is 7.93. The number of piperidine rings is 1. The molecule has 2 aliphatic heterocycles. The number of aryl methyl sites for hydroxylation is 1. The predicted octanol–water partition coefficient (Wildman–Crippen LogP) is 0.768. The van der Waals surface area contributed by atoms with Crippen LogP contribution in [0.4, 0.5) is 0 Å². The van der Waals surface area contributed by atoms with Crippen molar-refractivity contribution < 1.29 is 14.3 Å². The highest BCUT2D eigenvalue weighted by Crippen LogP contribution is 2.31. The lowest BCUT2D eigenvalue weighted by Crippen LogP contribution is -2.53. The van der Waals surface area contributed by atoms with Gasteiger partial charge in [0.25, 0.3) is 11.8 Å². The largest absolute Gasteiger partial charge is 0.343 e. The standard InChI is InChI=1S/C15H22N4O3S/c1-3-10-13(20)18-15(22-10)4-6-19(7-5-15)14(21)12-9(2)23-11(8-16)17-12/h10H,3-8,16H2,1-2H3,(H,18,20). The molecule has 8 heteroatoms. The molecule has 0 bridgehead atoms. The average Bonchev–Trinajstić information content (AvgIpc) is 3.07. The van der Waals surface area contributed by atoms with E-state index in [2.05, 4.69) is 10.3 Å². The number of hydrogen-bond acceptors (Lipinski definition) is 6. The number of hydrogen-bond donors (Lipinski definition) is 2. The van der Waals surface area contributed by atoms with Crippen molar-refractivity contribution in [2.45, 2.75) is 51.5 Å². The Kier molecular flexibility index (Phi) is 4.39. The van der Waals surface area contributed by atoms with Gasteiger partial charge in [-0.25, -0.2) is 4.98 Å². The first-order chi connectivity index (χ1) is 11.0. The molecule has 1 spiro atoms. The van der Waals surface area contributed by atoms with Gasteiger partial charge in [-0.2, -0.15) is 0 Å².